The van der Waals surface area contributed by atoms with Crippen molar-refractivity contribution in [3.63, 3.8) is 0 Å². The maximum atomic E-state index is 11.6. The zero-order valence-corrected chi connectivity index (χ0v) is 16.5. The van der Waals surface area contributed by atoms with Crippen LogP contribution in [0.4, 0.5) is 0 Å². The number of esters is 1. The van der Waals surface area contributed by atoms with Crippen molar-refractivity contribution in [2.24, 2.45) is 22.7 Å². The highest BCUT2D eigenvalue weighted by atomic mass is 127. The Balaban J connectivity index is 2.38. The molecule has 2 rings (SSSR count). The first-order chi connectivity index (χ1) is 9.66. The van der Waals surface area contributed by atoms with Crippen LogP contribution in [0.1, 0.15) is 73.1 Å². The van der Waals surface area contributed by atoms with E-state index in [0.29, 0.717) is 16.7 Å². The van der Waals surface area contributed by atoms with Crippen LogP contribution in [0.25, 0.3) is 0 Å². The first-order valence-electron chi connectivity index (χ1n) is 8.41. The topological polar surface area (TPSA) is 26.3 Å². The molecule has 0 spiro atoms. The Morgan fingerprint density at radius 1 is 1.19 bits per heavy atom. The fourth-order valence-electron chi connectivity index (χ4n) is 5.80. The van der Waals surface area contributed by atoms with Crippen LogP contribution in [0.15, 0.2) is 0 Å². The van der Waals surface area contributed by atoms with E-state index in [0.717, 1.165) is 23.2 Å². The second-order valence-electron chi connectivity index (χ2n) is 8.38. The summed E-state index contributed by atoms with van der Waals surface area (Å²) in [6, 6.07) is 0. The van der Waals surface area contributed by atoms with E-state index in [1.807, 2.05) is 0 Å². The highest BCUT2D eigenvalue weighted by Gasteiger charge is 2.59. The van der Waals surface area contributed by atoms with Gasteiger partial charge in [-0.15, -0.1) is 0 Å². The number of halogens is 1. The first-order valence-corrected chi connectivity index (χ1v) is 9.94. The average Bonchev–Trinajstić information content (AvgIpc) is 2.32. The van der Waals surface area contributed by atoms with Crippen molar-refractivity contribution in [1.29, 1.82) is 0 Å². The molecule has 4 unspecified atom stereocenters. The molecular formula is C18H31IO2. The minimum Gasteiger partial charge on any atom is -0.459 e. The van der Waals surface area contributed by atoms with Crippen molar-refractivity contribution in [3.05, 3.63) is 0 Å². The molecule has 0 heterocycles. The van der Waals surface area contributed by atoms with Gasteiger partial charge >= 0.3 is 5.97 Å². The Bertz CT molecular complexity index is 406. The van der Waals surface area contributed by atoms with E-state index in [1.54, 1.807) is 6.92 Å². The van der Waals surface area contributed by atoms with Crippen molar-refractivity contribution in [1.82, 2.24) is 0 Å². The van der Waals surface area contributed by atoms with Crippen LogP contribution in [0, 0.1) is 22.7 Å². The lowest BCUT2D eigenvalue weighted by Crippen LogP contribution is -2.58. The second kappa shape index (κ2) is 6.01. The normalized spacial score (nSPS) is 42.2. The molecular weight excluding hydrogens is 375 g/mol. The fraction of sp³-hybridized carbons (Fsp3) is 0.944. The van der Waals surface area contributed by atoms with Crippen LogP contribution >= 0.6 is 22.6 Å². The number of hydrogen-bond donors (Lipinski definition) is 0. The number of carbonyl (C=O) groups excluding carboxylic acids is 1. The molecule has 0 amide bonds. The molecule has 122 valence electrons. The summed E-state index contributed by atoms with van der Waals surface area (Å²) in [6.07, 6.45) is 7.33. The molecule has 2 saturated carbocycles. The lowest BCUT2D eigenvalue weighted by atomic mass is 9.45. The molecule has 2 aliphatic carbocycles. The number of hydrogen-bond acceptors (Lipinski definition) is 2. The minimum absolute atomic E-state index is 0.118. The third-order valence-corrected chi connectivity index (χ3v) is 7.14. The summed E-state index contributed by atoms with van der Waals surface area (Å²) in [5, 5.41) is 0. The molecule has 2 aliphatic rings. The SMILES string of the molecule is CC(=O)OC1(C)CCC2C(C)(C)CCCC2(C)C1CCI. The third kappa shape index (κ3) is 3.13. The molecule has 2 fully saturated rings. The number of fused-ring (bicyclic) bond motifs is 1. The van der Waals surface area contributed by atoms with Crippen LogP contribution in [0.3, 0.4) is 0 Å². The van der Waals surface area contributed by atoms with Crippen LogP contribution < -0.4 is 0 Å². The predicted molar refractivity (Wildman–Crippen MR) is 95.6 cm³/mol. The maximum absolute atomic E-state index is 11.6. The Morgan fingerprint density at radius 3 is 2.43 bits per heavy atom. The van der Waals surface area contributed by atoms with Gasteiger partial charge < -0.3 is 4.74 Å². The van der Waals surface area contributed by atoms with Gasteiger partial charge in [0.1, 0.15) is 5.60 Å². The van der Waals surface area contributed by atoms with Gasteiger partial charge in [-0.2, -0.15) is 0 Å². The van der Waals surface area contributed by atoms with Gasteiger partial charge in [-0.25, -0.2) is 0 Å². The van der Waals surface area contributed by atoms with Crippen LogP contribution in [-0.4, -0.2) is 16.0 Å². The molecule has 0 saturated heterocycles. The zero-order chi connectivity index (χ0) is 15.9. The van der Waals surface area contributed by atoms with Gasteiger partial charge in [0.05, 0.1) is 0 Å². The Kier molecular flexibility index (Phi) is 5.02. The largest absolute Gasteiger partial charge is 0.459 e. The number of ether oxygens (including phenoxy) is 1. The lowest BCUT2D eigenvalue weighted by molar-refractivity contribution is -0.198. The summed E-state index contributed by atoms with van der Waals surface area (Å²) in [5.41, 5.74) is 0.471. The molecule has 0 aromatic carbocycles. The van der Waals surface area contributed by atoms with E-state index in [1.165, 1.54) is 25.7 Å². The predicted octanol–water partition coefficient (Wildman–Crippen LogP) is 5.38. The van der Waals surface area contributed by atoms with E-state index < -0.39 is 0 Å². The van der Waals surface area contributed by atoms with Gasteiger partial charge in [0.25, 0.3) is 0 Å². The smallest absolute Gasteiger partial charge is 0.303 e. The molecule has 3 heteroatoms. The molecule has 0 aromatic rings. The molecule has 21 heavy (non-hydrogen) atoms. The highest BCUT2D eigenvalue weighted by molar-refractivity contribution is 14.1. The molecule has 0 aromatic heterocycles. The van der Waals surface area contributed by atoms with Gasteiger partial charge in [-0.1, -0.05) is 49.8 Å². The van der Waals surface area contributed by atoms with E-state index in [2.05, 4.69) is 50.3 Å². The van der Waals surface area contributed by atoms with Crippen LogP contribution in [0.5, 0.6) is 0 Å². The van der Waals surface area contributed by atoms with E-state index in [-0.39, 0.29) is 11.6 Å². The van der Waals surface area contributed by atoms with E-state index >= 15 is 0 Å². The van der Waals surface area contributed by atoms with Crippen LogP contribution in [0.2, 0.25) is 0 Å². The standard InChI is InChI=1S/C18H31IO2/c1-13(20)21-18(5)11-7-14-16(2,3)9-6-10-17(14,4)15(18)8-12-19/h14-15H,6-12H2,1-5H3. The molecule has 0 aliphatic heterocycles. The van der Waals surface area contributed by atoms with E-state index in [9.17, 15) is 4.79 Å². The molecule has 0 radical (unpaired) electrons. The monoisotopic (exact) mass is 406 g/mol. The summed E-state index contributed by atoms with van der Waals surface area (Å²) in [5.74, 6) is 1.13. The molecule has 0 bridgehead atoms. The maximum Gasteiger partial charge on any atom is 0.303 e. The van der Waals surface area contributed by atoms with Crippen molar-refractivity contribution in [2.75, 3.05) is 4.43 Å². The van der Waals surface area contributed by atoms with Gasteiger partial charge in [0, 0.05) is 12.8 Å². The Morgan fingerprint density at radius 2 is 1.86 bits per heavy atom. The summed E-state index contributed by atoms with van der Waals surface area (Å²) >= 11 is 2.48. The Hall–Kier alpha value is 0.200. The van der Waals surface area contributed by atoms with Gasteiger partial charge in [0.15, 0.2) is 0 Å². The van der Waals surface area contributed by atoms with Gasteiger partial charge in [0.2, 0.25) is 0 Å². The number of alkyl halides is 1. The van der Waals surface area contributed by atoms with Crippen molar-refractivity contribution in [3.8, 4) is 0 Å². The number of carbonyl (C=O) groups is 1. The van der Waals surface area contributed by atoms with Gasteiger partial charge in [-0.3, -0.25) is 4.79 Å². The molecule has 4 atom stereocenters. The summed E-state index contributed by atoms with van der Waals surface area (Å²) in [7, 11) is 0. The zero-order valence-electron chi connectivity index (χ0n) is 14.3. The van der Waals surface area contributed by atoms with Crippen molar-refractivity contribution < 1.29 is 9.53 Å². The van der Waals surface area contributed by atoms with Gasteiger partial charge in [-0.05, 0) is 60.2 Å². The lowest BCUT2D eigenvalue weighted by Gasteiger charge is -2.61. The second-order valence-corrected chi connectivity index (χ2v) is 9.45. The quantitative estimate of drug-likeness (QED) is 0.358. The Labute approximate surface area is 143 Å². The summed E-state index contributed by atoms with van der Waals surface area (Å²) in [6.45, 7) is 11.1. The average molecular weight is 406 g/mol. The third-order valence-electron chi connectivity index (χ3n) is 6.51. The van der Waals surface area contributed by atoms with E-state index in [4.69, 9.17) is 4.74 Å². The summed E-state index contributed by atoms with van der Waals surface area (Å²) in [4.78, 5) is 11.6. The summed E-state index contributed by atoms with van der Waals surface area (Å²) < 4.78 is 7.02. The highest BCUT2D eigenvalue weighted by Crippen LogP contribution is 2.63. The van der Waals surface area contributed by atoms with Crippen molar-refractivity contribution >= 4 is 28.6 Å². The minimum atomic E-state index is -0.268. The molecule has 2 nitrogen and oxygen atoms in total. The van der Waals surface area contributed by atoms with Crippen LogP contribution in [-0.2, 0) is 9.53 Å². The molecule has 0 N–H and O–H groups in total. The number of rotatable bonds is 3. The fourth-order valence-corrected chi connectivity index (χ4v) is 6.42. The first kappa shape index (κ1) is 17.6. The van der Waals surface area contributed by atoms with Crippen molar-refractivity contribution in [2.45, 2.75) is 78.7 Å².